The van der Waals surface area contributed by atoms with Crippen molar-refractivity contribution in [2.75, 3.05) is 11.9 Å². The highest BCUT2D eigenvalue weighted by molar-refractivity contribution is 9.09. The maximum absolute atomic E-state index is 13.0. The second-order valence-corrected chi connectivity index (χ2v) is 7.10. The molecule has 0 heterocycles. The van der Waals surface area contributed by atoms with Crippen LogP contribution in [0.25, 0.3) is 0 Å². The van der Waals surface area contributed by atoms with E-state index in [1.807, 2.05) is 0 Å². The molecule has 5 heteroatoms. The standard InChI is InChI=1S/C14H24BrF2NO/c1-13(2,6-3-9-15)10-18-12(19)11-4-7-14(16,17)8-5-11/h11H,3-10H2,1-2H3,(H,18,19). The van der Waals surface area contributed by atoms with Gasteiger partial charge in [-0.05, 0) is 31.1 Å². The molecule has 1 saturated carbocycles. The Kier molecular flexibility index (Phi) is 6.21. The van der Waals surface area contributed by atoms with Crippen LogP contribution in [0.4, 0.5) is 8.78 Å². The van der Waals surface area contributed by atoms with Crippen LogP contribution in [0.1, 0.15) is 52.4 Å². The molecule has 1 aliphatic carbocycles. The molecule has 0 unspecified atom stereocenters. The summed E-state index contributed by atoms with van der Waals surface area (Å²) in [6.45, 7) is 4.85. The summed E-state index contributed by atoms with van der Waals surface area (Å²) in [6.07, 6.45) is 2.40. The zero-order valence-electron chi connectivity index (χ0n) is 11.8. The molecule has 0 spiro atoms. The summed E-state index contributed by atoms with van der Waals surface area (Å²) in [5.41, 5.74) is 0.0576. The molecule has 0 saturated heterocycles. The largest absolute Gasteiger partial charge is 0.355 e. The third kappa shape index (κ3) is 6.19. The van der Waals surface area contributed by atoms with Gasteiger partial charge in [0, 0.05) is 30.6 Å². The zero-order valence-corrected chi connectivity index (χ0v) is 13.4. The highest BCUT2D eigenvalue weighted by Crippen LogP contribution is 2.36. The second-order valence-electron chi connectivity index (χ2n) is 6.30. The number of carbonyl (C=O) groups excluding carboxylic acids is 1. The van der Waals surface area contributed by atoms with Crippen LogP contribution in [0, 0.1) is 11.3 Å². The number of hydrogen-bond acceptors (Lipinski definition) is 1. The van der Waals surface area contributed by atoms with Crippen molar-refractivity contribution in [3.63, 3.8) is 0 Å². The first-order valence-corrected chi connectivity index (χ1v) is 8.09. The normalized spacial score (nSPS) is 20.3. The molecule has 0 aliphatic heterocycles. The molecule has 0 bridgehead atoms. The first-order chi connectivity index (χ1) is 8.76. The monoisotopic (exact) mass is 339 g/mol. The Morgan fingerprint density at radius 1 is 1.37 bits per heavy atom. The van der Waals surface area contributed by atoms with Crippen LogP contribution < -0.4 is 5.32 Å². The van der Waals surface area contributed by atoms with E-state index in [-0.39, 0.29) is 30.1 Å². The summed E-state index contributed by atoms with van der Waals surface area (Å²) >= 11 is 3.40. The summed E-state index contributed by atoms with van der Waals surface area (Å²) in [4.78, 5) is 12.0. The maximum atomic E-state index is 13.0. The van der Waals surface area contributed by atoms with E-state index < -0.39 is 5.92 Å². The molecule has 0 aromatic heterocycles. The van der Waals surface area contributed by atoms with Gasteiger partial charge in [0.1, 0.15) is 0 Å². The molecular formula is C14H24BrF2NO. The lowest BCUT2D eigenvalue weighted by atomic mass is 9.85. The number of alkyl halides is 3. The molecule has 1 fully saturated rings. The van der Waals surface area contributed by atoms with E-state index in [1.54, 1.807) is 0 Å². The van der Waals surface area contributed by atoms with Crippen molar-refractivity contribution in [2.24, 2.45) is 11.3 Å². The zero-order chi connectivity index (χ0) is 14.5. The number of amides is 1. The van der Waals surface area contributed by atoms with Gasteiger partial charge in [0.05, 0.1) is 0 Å². The molecule has 0 radical (unpaired) electrons. The third-order valence-corrected chi connectivity index (χ3v) is 4.38. The second kappa shape index (κ2) is 7.00. The van der Waals surface area contributed by atoms with Crippen LogP contribution in [-0.2, 0) is 4.79 Å². The van der Waals surface area contributed by atoms with Crippen LogP contribution in [0.2, 0.25) is 0 Å². The Morgan fingerprint density at radius 2 is 1.95 bits per heavy atom. The van der Waals surface area contributed by atoms with Gasteiger partial charge in [0.15, 0.2) is 0 Å². The van der Waals surface area contributed by atoms with E-state index in [0.29, 0.717) is 19.4 Å². The SMILES string of the molecule is CC(C)(CCCBr)CNC(=O)C1CCC(F)(F)CC1. The van der Waals surface area contributed by atoms with E-state index in [4.69, 9.17) is 0 Å². The minimum absolute atomic E-state index is 0.0533. The van der Waals surface area contributed by atoms with Crippen molar-refractivity contribution in [1.82, 2.24) is 5.32 Å². The number of carbonyl (C=O) groups is 1. The lowest BCUT2D eigenvalue weighted by Crippen LogP contribution is -2.40. The van der Waals surface area contributed by atoms with Crippen LogP contribution in [0.15, 0.2) is 0 Å². The number of rotatable bonds is 6. The topological polar surface area (TPSA) is 29.1 Å². The average Bonchev–Trinajstić information content (AvgIpc) is 2.34. The number of hydrogen-bond donors (Lipinski definition) is 1. The predicted molar refractivity (Wildman–Crippen MR) is 76.7 cm³/mol. The van der Waals surface area contributed by atoms with Gasteiger partial charge < -0.3 is 5.32 Å². The van der Waals surface area contributed by atoms with Crippen molar-refractivity contribution < 1.29 is 13.6 Å². The first-order valence-electron chi connectivity index (χ1n) is 6.97. The third-order valence-electron chi connectivity index (χ3n) is 3.82. The van der Waals surface area contributed by atoms with Gasteiger partial charge in [-0.25, -0.2) is 8.78 Å². The van der Waals surface area contributed by atoms with Crippen LogP contribution in [-0.4, -0.2) is 23.7 Å². The van der Waals surface area contributed by atoms with Gasteiger partial charge in [-0.1, -0.05) is 29.8 Å². The molecule has 1 rings (SSSR count). The quantitative estimate of drug-likeness (QED) is 0.724. The van der Waals surface area contributed by atoms with Gasteiger partial charge in [0.2, 0.25) is 11.8 Å². The number of nitrogens with one attached hydrogen (secondary N) is 1. The molecule has 0 atom stereocenters. The van der Waals surface area contributed by atoms with Crippen LogP contribution in [0.3, 0.4) is 0 Å². The molecule has 112 valence electrons. The average molecular weight is 340 g/mol. The summed E-state index contributed by atoms with van der Waals surface area (Å²) in [6, 6.07) is 0. The molecular weight excluding hydrogens is 316 g/mol. The lowest BCUT2D eigenvalue weighted by molar-refractivity contribution is -0.129. The Morgan fingerprint density at radius 3 is 2.47 bits per heavy atom. The maximum Gasteiger partial charge on any atom is 0.248 e. The van der Waals surface area contributed by atoms with Crippen molar-refractivity contribution in [3.05, 3.63) is 0 Å². The van der Waals surface area contributed by atoms with Crippen molar-refractivity contribution >= 4 is 21.8 Å². The summed E-state index contributed by atoms with van der Waals surface area (Å²) in [7, 11) is 0. The molecule has 19 heavy (non-hydrogen) atoms. The molecule has 2 nitrogen and oxygen atoms in total. The minimum atomic E-state index is -2.56. The van der Waals surface area contributed by atoms with E-state index in [9.17, 15) is 13.6 Å². The minimum Gasteiger partial charge on any atom is -0.355 e. The Balaban J connectivity index is 2.32. The van der Waals surface area contributed by atoms with E-state index in [1.165, 1.54) is 0 Å². The fourth-order valence-corrected chi connectivity index (χ4v) is 2.69. The molecule has 0 aromatic carbocycles. The van der Waals surface area contributed by atoms with E-state index >= 15 is 0 Å². The molecule has 0 aromatic rings. The number of halogens is 3. The van der Waals surface area contributed by atoms with Gasteiger partial charge in [-0.2, -0.15) is 0 Å². The summed E-state index contributed by atoms with van der Waals surface area (Å²) in [5.74, 6) is -2.85. The van der Waals surface area contributed by atoms with E-state index in [0.717, 1.165) is 18.2 Å². The molecule has 1 aliphatic rings. The lowest BCUT2D eigenvalue weighted by Gasteiger charge is -2.29. The van der Waals surface area contributed by atoms with Crippen molar-refractivity contribution in [3.8, 4) is 0 Å². The fraction of sp³-hybridized carbons (Fsp3) is 0.929. The van der Waals surface area contributed by atoms with Gasteiger partial charge in [-0.15, -0.1) is 0 Å². The summed E-state index contributed by atoms with van der Waals surface area (Å²) in [5, 5.41) is 3.89. The Hall–Kier alpha value is -0.190. The molecule has 1 N–H and O–H groups in total. The van der Waals surface area contributed by atoms with Crippen LogP contribution >= 0.6 is 15.9 Å². The van der Waals surface area contributed by atoms with Gasteiger partial charge >= 0.3 is 0 Å². The van der Waals surface area contributed by atoms with Gasteiger partial charge in [0.25, 0.3) is 0 Å². The fourth-order valence-electron chi connectivity index (χ4n) is 2.41. The summed E-state index contributed by atoms with van der Waals surface area (Å²) < 4.78 is 26.0. The van der Waals surface area contributed by atoms with Crippen LogP contribution in [0.5, 0.6) is 0 Å². The highest BCUT2D eigenvalue weighted by Gasteiger charge is 2.37. The van der Waals surface area contributed by atoms with Crippen molar-refractivity contribution in [2.45, 2.75) is 58.3 Å². The Bertz CT molecular complexity index is 298. The van der Waals surface area contributed by atoms with E-state index in [2.05, 4.69) is 35.1 Å². The van der Waals surface area contributed by atoms with Gasteiger partial charge in [-0.3, -0.25) is 4.79 Å². The smallest absolute Gasteiger partial charge is 0.248 e. The molecule has 1 amide bonds. The highest BCUT2D eigenvalue weighted by atomic mass is 79.9. The Labute approximate surface area is 122 Å². The van der Waals surface area contributed by atoms with Crippen molar-refractivity contribution in [1.29, 1.82) is 0 Å². The first kappa shape index (κ1) is 16.9. The predicted octanol–water partition coefficient (Wildman–Crippen LogP) is 4.13.